The fraction of sp³-hybridized carbons (Fsp3) is 0.379. The number of amides is 5. The Balaban J connectivity index is 0.766. The molecule has 5 amide bonds. The summed E-state index contributed by atoms with van der Waals surface area (Å²) in [6.45, 7) is 10.7. The van der Waals surface area contributed by atoms with E-state index in [-0.39, 0.29) is 62.5 Å². The maximum Gasteiger partial charge on any atom is 0.284 e. The molecule has 3 atom stereocenters. The van der Waals surface area contributed by atoms with E-state index in [2.05, 4.69) is 30.6 Å². The monoisotopic (exact) mass is 1260 g/mol. The number of hydrogen-bond acceptors (Lipinski definition) is 15. The Morgan fingerprint density at radius 2 is 1.66 bits per heavy atom. The second-order valence-electron chi connectivity index (χ2n) is 24.5. The summed E-state index contributed by atoms with van der Waals surface area (Å²) in [5, 5.41) is 24.7. The molecule has 0 radical (unpaired) electrons. The van der Waals surface area contributed by atoms with Crippen molar-refractivity contribution in [1.29, 1.82) is 0 Å². The molecular weight excluding hydrogens is 1190 g/mol. The number of anilines is 2. The first-order valence-electron chi connectivity index (χ1n) is 30.1. The van der Waals surface area contributed by atoms with E-state index in [0.717, 1.165) is 86.6 Å². The van der Waals surface area contributed by atoms with Crippen molar-refractivity contribution in [2.24, 2.45) is 11.3 Å². The van der Waals surface area contributed by atoms with Crippen LogP contribution >= 0.6 is 22.7 Å². The molecule has 0 bridgehead atoms. The molecule has 464 valence electrons. The zero-order valence-corrected chi connectivity index (χ0v) is 52.8. The van der Waals surface area contributed by atoms with Crippen LogP contribution in [0, 0.1) is 31.0 Å². The van der Waals surface area contributed by atoms with Crippen LogP contribution in [0.4, 0.5) is 15.3 Å². The molecule has 4 aromatic carbocycles. The maximum atomic E-state index is 15.6. The third-order valence-electron chi connectivity index (χ3n) is 17.1. The Morgan fingerprint density at radius 3 is 2.42 bits per heavy atom. The smallest absolute Gasteiger partial charge is 0.284 e. The van der Waals surface area contributed by atoms with E-state index in [1.807, 2.05) is 84.1 Å². The number of likely N-dealkylation sites (tertiary alicyclic amines) is 1. The lowest BCUT2D eigenvalue weighted by molar-refractivity contribution is -0.144. The molecule has 0 unspecified atom stereocenters. The number of pyridine rings is 1. The van der Waals surface area contributed by atoms with Crippen molar-refractivity contribution >= 4 is 83.4 Å². The van der Waals surface area contributed by atoms with Crippen molar-refractivity contribution in [3.05, 3.63) is 159 Å². The number of para-hydroxylation sites is 1. The number of halogens is 1. The molecule has 5 N–H and O–H groups in total. The molecule has 8 aromatic rings. The number of carbonyl (C=O) groups excluding carboxylic acids is 5. The van der Waals surface area contributed by atoms with E-state index in [1.54, 1.807) is 62.0 Å². The van der Waals surface area contributed by atoms with E-state index >= 15 is 4.39 Å². The number of fused-ring (bicyclic) bond motifs is 2. The fourth-order valence-electron chi connectivity index (χ4n) is 12.2. The minimum atomic E-state index is -4.77. The highest BCUT2D eigenvalue weighted by Crippen LogP contribution is 2.35. The third kappa shape index (κ3) is 14.3. The molecule has 89 heavy (non-hydrogen) atoms. The number of aryl methyl sites for hydroxylation is 2. The van der Waals surface area contributed by atoms with Gasteiger partial charge in [-0.1, -0.05) is 99.9 Å². The fourth-order valence-corrected chi connectivity index (χ4v) is 14.9. The Kier molecular flexibility index (Phi) is 18.5. The SMILES string of the molecule is Cc1ncsc1-c1ccc(CNC(=O)[C@@H]2C[C@@H](O)CN2C(=O)[C@@H](NC(=O)CCCc2cc(F)cc(S(=O)(=O)NC(=O)c3nc(N4CCc5cccc(C(=O)Nc6nc7ccccc7s6)c5C4)ccc3-c3cnn(CC4CCCCC4)c3C)c2)C(C)(C)C)cc1. The van der Waals surface area contributed by atoms with Gasteiger partial charge in [-0.2, -0.15) is 5.10 Å². The molecule has 0 spiro atoms. The van der Waals surface area contributed by atoms with E-state index in [9.17, 15) is 37.5 Å². The van der Waals surface area contributed by atoms with Crippen LogP contribution in [-0.4, -0.2) is 104 Å². The minimum absolute atomic E-state index is 0.0193. The van der Waals surface area contributed by atoms with Crippen LogP contribution in [0.3, 0.4) is 0 Å². The molecule has 2 aliphatic heterocycles. The van der Waals surface area contributed by atoms with Crippen LogP contribution in [-0.2, 0) is 56.9 Å². The van der Waals surface area contributed by atoms with Crippen LogP contribution in [0.15, 0.2) is 114 Å². The van der Waals surface area contributed by atoms with Crippen molar-refractivity contribution in [3.63, 3.8) is 0 Å². The van der Waals surface area contributed by atoms with Crippen molar-refractivity contribution in [3.8, 4) is 21.6 Å². The molecule has 1 saturated heterocycles. The van der Waals surface area contributed by atoms with Gasteiger partial charge in [0.1, 0.15) is 29.4 Å². The summed E-state index contributed by atoms with van der Waals surface area (Å²) in [6, 6.07) is 25.6. The maximum absolute atomic E-state index is 15.6. The number of hydrogen-bond donors (Lipinski definition) is 5. The number of rotatable bonds is 19. The Hall–Kier alpha value is -8.25. The summed E-state index contributed by atoms with van der Waals surface area (Å²) in [5.41, 5.74) is 8.49. The average molecular weight is 1260 g/mol. The molecule has 11 rings (SSSR count). The number of nitrogens with zero attached hydrogens (tertiary/aromatic N) is 7. The lowest BCUT2D eigenvalue weighted by Gasteiger charge is -2.35. The number of β-amino-alcohol motifs (C(OH)–C–C–N with tert-alkyl or cyclic N) is 1. The van der Waals surface area contributed by atoms with Crippen LogP contribution in [0.2, 0.25) is 0 Å². The summed E-state index contributed by atoms with van der Waals surface area (Å²) in [6.07, 6.45) is 6.97. The summed E-state index contributed by atoms with van der Waals surface area (Å²) < 4.78 is 49.3. The van der Waals surface area contributed by atoms with E-state index in [4.69, 9.17) is 10.1 Å². The number of thiazole rings is 2. The third-order valence-corrected chi connectivity index (χ3v) is 20.3. The van der Waals surface area contributed by atoms with Gasteiger partial charge in [0, 0.05) is 67.9 Å². The molecule has 3 aliphatic rings. The van der Waals surface area contributed by atoms with Gasteiger partial charge >= 0.3 is 0 Å². The summed E-state index contributed by atoms with van der Waals surface area (Å²) >= 11 is 2.92. The van der Waals surface area contributed by atoms with E-state index in [1.165, 1.54) is 28.7 Å². The van der Waals surface area contributed by atoms with Gasteiger partial charge in [-0.3, -0.25) is 34.0 Å². The standard InChI is InChI=1S/C66H72FN11O8S3/c1-39-59(87-38-69-39)45-23-21-41(22-24-45)33-68-62(82)54-32-47(79)36-77(54)64(84)60(66(3,4)5)73-57(80)20-11-15-43-29-46(67)31-48(30-43)89(85,86)75-63(83)58-49(51-34-70-78(40(51)2)35-42-13-7-6-8-14-42)25-26-56(72-58)76-28-27-44-16-12-17-50(52(44)37-76)61(81)74-65-71-53-18-9-10-19-55(53)88-65/h9-10,12,16-19,21-26,29-31,34,38,42,47,54,60,79H,6-8,11,13-15,20,27-28,32-33,35-37H2,1-5H3,(H,68,82)(H,73,80)(H,75,83)(H,71,74,81)/t47-,54+,60-/m1/s1. The number of nitrogens with one attached hydrogen (secondary N) is 4. The molecule has 1 aliphatic carbocycles. The number of aliphatic hydroxyl groups excluding tert-OH is 1. The van der Waals surface area contributed by atoms with Crippen LogP contribution in [0.5, 0.6) is 0 Å². The summed E-state index contributed by atoms with van der Waals surface area (Å²) in [7, 11) is -4.77. The first kappa shape index (κ1) is 62.4. The second kappa shape index (κ2) is 26.4. The van der Waals surface area contributed by atoms with Gasteiger partial charge in [0.05, 0.1) is 43.5 Å². The molecule has 4 aromatic heterocycles. The number of aromatic nitrogens is 5. The zero-order chi connectivity index (χ0) is 62.7. The first-order chi connectivity index (χ1) is 42.6. The zero-order valence-electron chi connectivity index (χ0n) is 50.3. The van der Waals surface area contributed by atoms with Crippen molar-refractivity contribution < 1.29 is 41.9 Å². The number of carbonyl (C=O) groups is 5. The summed E-state index contributed by atoms with van der Waals surface area (Å²) in [5.74, 6) is -2.93. The van der Waals surface area contributed by atoms with Crippen molar-refractivity contribution in [2.45, 2.75) is 142 Å². The summed E-state index contributed by atoms with van der Waals surface area (Å²) in [4.78, 5) is 88.0. The van der Waals surface area contributed by atoms with Crippen molar-refractivity contribution in [2.75, 3.05) is 23.3 Å². The van der Waals surface area contributed by atoms with Gasteiger partial charge in [-0.05, 0) is 134 Å². The van der Waals surface area contributed by atoms with Gasteiger partial charge in [0.15, 0.2) is 5.13 Å². The van der Waals surface area contributed by atoms with E-state index < -0.39 is 68.0 Å². The molecular formula is C66H72FN11O8S3. The Bertz CT molecular complexity index is 4060. The highest BCUT2D eigenvalue weighted by atomic mass is 32.2. The highest BCUT2D eigenvalue weighted by molar-refractivity contribution is 7.90. The highest BCUT2D eigenvalue weighted by Gasteiger charge is 2.44. The Labute approximate surface area is 524 Å². The predicted molar refractivity (Wildman–Crippen MR) is 341 cm³/mol. The number of benzene rings is 4. The number of aliphatic hydroxyl groups is 1. The average Bonchev–Trinajstić information content (AvgIpc) is 2.01. The van der Waals surface area contributed by atoms with Crippen LogP contribution in [0.1, 0.15) is 127 Å². The topological polar surface area (TPSA) is 251 Å². The van der Waals surface area contributed by atoms with Crippen LogP contribution in [0.25, 0.3) is 31.8 Å². The molecule has 6 heterocycles. The predicted octanol–water partition coefficient (Wildman–Crippen LogP) is 10.1. The van der Waals surface area contributed by atoms with Gasteiger partial charge in [0.25, 0.3) is 21.8 Å². The lowest BCUT2D eigenvalue weighted by Crippen LogP contribution is -2.57. The molecule has 19 nitrogen and oxygen atoms in total. The van der Waals surface area contributed by atoms with Crippen LogP contribution < -0.4 is 25.6 Å². The quantitative estimate of drug-likeness (QED) is 0.0506. The normalized spacial score (nSPS) is 16.7. The van der Waals surface area contributed by atoms with Crippen molar-refractivity contribution in [1.82, 2.24) is 45.0 Å². The molecule has 2 fully saturated rings. The first-order valence-corrected chi connectivity index (χ1v) is 33.3. The van der Waals surface area contributed by atoms with Gasteiger partial charge in [-0.25, -0.2) is 32.5 Å². The number of sulfonamides is 1. The largest absolute Gasteiger partial charge is 0.391 e. The minimum Gasteiger partial charge on any atom is -0.391 e. The molecule has 23 heteroatoms. The van der Waals surface area contributed by atoms with Gasteiger partial charge < -0.3 is 25.5 Å². The van der Waals surface area contributed by atoms with E-state index in [0.29, 0.717) is 53.1 Å². The van der Waals surface area contributed by atoms with Gasteiger partial charge in [-0.15, -0.1) is 11.3 Å². The lowest BCUT2D eigenvalue weighted by atomic mass is 9.85. The second-order valence-corrected chi connectivity index (χ2v) is 28.0. The van der Waals surface area contributed by atoms with Gasteiger partial charge in [0.2, 0.25) is 17.7 Å². The Morgan fingerprint density at radius 1 is 0.876 bits per heavy atom. The molecule has 1 saturated carbocycles.